The van der Waals surface area contributed by atoms with Crippen molar-refractivity contribution < 1.29 is 18.6 Å². The van der Waals surface area contributed by atoms with Gasteiger partial charge in [-0.2, -0.15) is 0 Å². The SMILES string of the molecule is COc1ccc(C(Cl)c2ccc(F)c(OC)c2)c(OC)c1. The van der Waals surface area contributed by atoms with Gasteiger partial charge in [-0.05, 0) is 29.8 Å². The molecule has 2 aromatic carbocycles. The molecule has 0 aliphatic rings. The molecule has 0 bridgehead atoms. The van der Waals surface area contributed by atoms with E-state index in [1.807, 2.05) is 6.07 Å². The molecule has 21 heavy (non-hydrogen) atoms. The first kappa shape index (κ1) is 15.4. The molecule has 0 saturated heterocycles. The Morgan fingerprint density at radius 2 is 1.62 bits per heavy atom. The van der Waals surface area contributed by atoms with Crippen LogP contribution < -0.4 is 14.2 Å². The molecule has 0 radical (unpaired) electrons. The molecular formula is C16H16ClFO3. The number of alkyl halides is 1. The predicted molar refractivity (Wildman–Crippen MR) is 80.2 cm³/mol. The summed E-state index contributed by atoms with van der Waals surface area (Å²) >= 11 is 6.49. The Morgan fingerprint density at radius 1 is 0.905 bits per heavy atom. The number of rotatable bonds is 5. The van der Waals surface area contributed by atoms with E-state index < -0.39 is 11.2 Å². The maximum Gasteiger partial charge on any atom is 0.165 e. The molecule has 5 heteroatoms. The zero-order chi connectivity index (χ0) is 15.4. The Labute approximate surface area is 128 Å². The highest BCUT2D eigenvalue weighted by Gasteiger charge is 2.18. The lowest BCUT2D eigenvalue weighted by molar-refractivity contribution is 0.385. The van der Waals surface area contributed by atoms with Crippen LogP contribution in [0.15, 0.2) is 36.4 Å². The molecule has 0 heterocycles. The summed E-state index contributed by atoms with van der Waals surface area (Å²) < 4.78 is 28.9. The van der Waals surface area contributed by atoms with Gasteiger partial charge in [0.15, 0.2) is 11.6 Å². The third kappa shape index (κ3) is 3.22. The van der Waals surface area contributed by atoms with Crippen molar-refractivity contribution in [3.05, 3.63) is 53.3 Å². The zero-order valence-corrected chi connectivity index (χ0v) is 12.8. The summed E-state index contributed by atoms with van der Waals surface area (Å²) in [5, 5.41) is -0.486. The van der Waals surface area contributed by atoms with Crippen molar-refractivity contribution in [2.75, 3.05) is 21.3 Å². The van der Waals surface area contributed by atoms with Gasteiger partial charge in [-0.15, -0.1) is 11.6 Å². The zero-order valence-electron chi connectivity index (χ0n) is 12.0. The third-order valence-electron chi connectivity index (χ3n) is 3.18. The number of benzene rings is 2. The number of hydrogen-bond acceptors (Lipinski definition) is 3. The highest BCUT2D eigenvalue weighted by molar-refractivity contribution is 6.22. The predicted octanol–water partition coefficient (Wildman–Crippen LogP) is 4.18. The van der Waals surface area contributed by atoms with Crippen LogP contribution in [0.5, 0.6) is 17.2 Å². The molecule has 0 fully saturated rings. The van der Waals surface area contributed by atoms with Crippen LogP contribution in [0.1, 0.15) is 16.5 Å². The molecule has 0 saturated carbocycles. The maximum atomic E-state index is 13.5. The summed E-state index contributed by atoms with van der Waals surface area (Å²) in [6, 6.07) is 9.92. The highest BCUT2D eigenvalue weighted by atomic mass is 35.5. The first-order valence-electron chi connectivity index (χ1n) is 6.30. The van der Waals surface area contributed by atoms with Crippen LogP contribution in [0.4, 0.5) is 4.39 Å². The van der Waals surface area contributed by atoms with Gasteiger partial charge in [0, 0.05) is 11.6 Å². The van der Waals surface area contributed by atoms with E-state index >= 15 is 0 Å². The minimum atomic E-state index is -0.486. The Morgan fingerprint density at radius 3 is 2.24 bits per heavy atom. The second-order valence-corrected chi connectivity index (χ2v) is 4.80. The molecule has 112 valence electrons. The van der Waals surface area contributed by atoms with Crippen LogP contribution in [0.25, 0.3) is 0 Å². The van der Waals surface area contributed by atoms with Gasteiger partial charge in [-0.1, -0.05) is 6.07 Å². The summed E-state index contributed by atoms with van der Waals surface area (Å²) in [5.74, 6) is 1.02. The third-order valence-corrected chi connectivity index (χ3v) is 3.67. The van der Waals surface area contributed by atoms with Crippen molar-refractivity contribution in [1.82, 2.24) is 0 Å². The van der Waals surface area contributed by atoms with Crippen LogP contribution >= 0.6 is 11.6 Å². The standard InChI is InChI=1S/C16H16ClFO3/c1-19-11-5-6-12(14(9-11)20-2)16(17)10-4-7-13(18)15(8-10)21-3/h4-9,16H,1-3H3. The fraction of sp³-hybridized carbons (Fsp3) is 0.250. The molecule has 0 aromatic heterocycles. The Balaban J connectivity index is 2.41. The molecule has 0 spiro atoms. The first-order chi connectivity index (χ1) is 10.1. The van der Waals surface area contributed by atoms with Crippen LogP contribution in [0, 0.1) is 5.82 Å². The first-order valence-corrected chi connectivity index (χ1v) is 6.73. The number of methoxy groups -OCH3 is 3. The van der Waals surface area contributed by atoms with Gasteiger partial charge >= 0.3 is 0 Å². The van der Waals surface area contributed by atoms with E-state index in [9.17, 15) is 4.39 Å². The summed E-state index contributed by atoms with van der Waals surface area (Å²) in [6.07, 6.45) is 0. The van der Waals surface area contributed by atoms with E-state index in [0.717, 1.165) is 11.1 Å². The Bertz CT molecular complexity index is 631. The summed E-state index contributed by atoms with van der Waals surface area (Å²) in [7, 11) is 4.56. The second kappa shape index (κ2) is 6.68. The van der Waals surface area contributed by atoms with Crippen molar-refractivity contribution in [2.45, 2.75) is 5.38 Å². The molecule has 2 rings (SSSR count). The number of halogens is 2. The number of hydrogen-bond donors (Lipinski definition) is 0. The normalized spacial score (nSPS) is 11.9. The van der Waals surface area contributed by atoms with Gasteiger partial charge in [0.25, 0.3) is 0 Å². The van der Waals surface area contributed by atoms with E-state index in [2.05, 4.69) is 0 Å². The second-order valence-electron chi connectivity index (χ2n) is 4.36. The Kier molecular flexibility index (Phi) is 4.91. The molecular weight excluding hydrogens is 295 g/mol. The van der Waals surface area contributed by atoms with Crippen molar-refractivity contribution in [2.24, 2.45) is 0 Å². The van der Waals surface area contributed by atoms with E-state index in [1.165, 1.54) is 13.2 Å². The average molecular weight is 311 g/mol. The molecule has 2 aromatic rings. The lowest BCUT2D eigenvalue weighted by Gasteiger charge is -2.16. The van der Waals surface area contributed by atoms with Crippen LogP contribution in [0.2, 0.25) is 0 Å². The van der Waals surface area contributed by atoms with Crippen molar-refractivity contribution in [1.29, 1.82) is 0 Å². The fourth-order valence-corrected chi connectivity index (χ4v) is 2.36. The molecule has 3 nitrogen and oxygen atoms in total. The minimum Gasteiger partial charge on any atom is -0.497 e. The van der Waals surface area contributed by atoms with Gasteiger partial charge in [0.1, 0.15) is 11.5 Å². The lowest BCUT2D eigenvalue weighted by Crippen LogP contribution is -1.99. The molecule has 0 aliphatic carbocycles. The topological polar surface area (TPSA) is 27.7 Å². The summed E-state index contributed by atoms with van der Waals surface area (Å²) in [4.78, 5) is 0. The van der Waals surface area contributed by atoms with Gasteiger partial charge < -0.3 is 14.2 Å². The summed E-state index contributed by atoms with van der Waals surface area (Å²) in [6.45, 7) is 0. The highest BCUT2D eigenvalue weighted by Crippen LogP contribution is 2.38. The van der Waals surface area contributed by atoms with Gasteiger partial charge in [-0.25, -0.2) is 4.39 Å². The van der Waals surface area contributed by atoms with Crippen molar-refractivity contribution >= 4 is 11.6 Å². The van der Waals surface area contributed by atoms with Gasteiger partial charge in [0.05, 0.1) is 26.7 Å². The molecule has 0 N–H and O–H groups in total. The molecule has 0 amide bonds. The number of ether oxygens (including phenoxy) is 3. The Hall–Kier alpha value is -1.94. The van der Waals surface area contributed by atoms with Crippen molar-refractivity contribution in [3.63, 3.8) is 0 Å². The lowest BCUT2D eigenvalue weighted by atomic mass is 10.0. The van der Waals surface area contributed by atoms with Gasteiger partial charge in [0.2, 0.25) is 0 Å². The van der Waals surface area contributed by atoms with Crippen LogP contribution in [-0.2, 0) is 0 Å². The smallest absolute Gasteiger partial charge is 0.165 e. The maximum absolute atomic E-state index is 13.5. The molecule has 1 atom stereocenters. The largest absolute Gasteiger partial charge is 0.497 e. The van der Waals surface area contributed by atoms with E-state index in [4.69, 9.17) is 25.8 Å². The van der Waals surface area contributed by atoms with Crippen molar-refractivity contribution in [3.8, 4) is 17.2 Å². The quantitative estimate of drug-likeness (QED) is 0.775. The van der Waals surface area contributed by atoms with Crippen LogP contribution in [-0.4, -0.2) is 21.3 Å². The van der Waals surface area contributed by atoms with E-state index in [1.54, 1.807) is 38.5 Å². The minimum absolute atomic E-state index is 0.158. The van der Waals surface area contributed by atoms with Gasteiger partial charge in [-0.3, -0.25) is 0 Å². The van der Waals surface area contributed by atoms with E-state index in [-0.39, 0.29) is 5.75 Å². The van der Waals surface area contributed by atoms with Crippen LogP contribution in [0.3, 0.4) is 0 Å². The molecule has 1 unspecified atom stereocenters. The molecule has 0 aliphatic heterocycles. The monoisotopic (exact) mass is 310 g/mol. The van der Waals surface area contributed by atoms with E-state index in [0.29, 0.717) is 11.5 Å². The fourth-order valence-electron chi connectivity index (χ4n) is 2.04. The summed E-state index contributed by atoms with van der Waals surface area (Å²) in [5.41, 5.74) is 1.49. The average Bonchev–Trinajstić information content (AvgIpc) is 2.54.